The number of ketones is 2. The lowest BCUT2D eigenvalue weighted by atomic mass is 9.81. The molecule has 6 heteroatoms. The zero-order valence-electron chi connectivity index (χ0n) is 20.6. The second kappa shape index (κ2) is 11.1. The van der Waals surface area contributed by atoms with Crippen LogP contribution < -0.4 is 11.5 Å². The van der Waals surface area contributed by atoms with Crippen molar-refractivity contribution in [1.29, 1.82) is 0 Å². The Hall–Kier alpha value is -3.15. The van der Waals surface area contributed by atoms with Gasteiger partial charge in [-0.05, 0) is 37.7 Å². The van der Waals surface area contributed by atoms with Gasteiger partial charge >= 0.3 is 5.97 Å². The zero-order chi connectivity index (χ0) is 24.9. The van der Waals surface area contributed by atoms with Crippen LogP contribution in [-0.4, -0.2) is 23.6 Å². The Kier molecular flexibility index (Phi) is 7.89. The summed E-state index contributed by atoms with van der Waals surface area (Å²) in [5.41, 5.74) is 13.2. The molecule has 0 atom stereocenters. The number of fused-ring (bicyclic) bond motifs is 2. The van der Waals surface area contributed by atoms with Gasteiger partial charge < -0.3 is 16.2 Å². The first-order chi connectivity index (χ1) is 16.9. The van der Waals surface area contributed by atoms with Crippen LogP contribution in [0.5, 0.6) is 0 Å². The van der Waals surface area contributed by atoms with Crippen molar-refractivity contribution in [3.8, 4) is 0 Å². The van der Waals surface area contributed by atoms with Gasteiger partial charge in [-0.3, -0.25) is 9.59 Å². The smallest absolute Gasteiger partial charge is 0.340 e. The predicted octanol–water partition coefficient (Wildman–Crippen LogP) is 6.09. The molecular weight excluding hydrogens is 440 g/mol. The Morgan fingerprint density at radius 1 is 0.886 bits per heavy atom. The zero-order valence-corrected chi connectivity index (χ0v) is 20.6. The molecule has 0 unspecified atom stereocenters. The molecule has 186 valence electrons. The second-order valence-corrected chi connectivity index (χ2v) is 9.99. The van der Waals surface area contributed by atoms with Crippen LogP contribution in [0.25, 0.3) is 0 Å². The fourth-order valence-electron chi connectivity index (χ4n) is 5.48. The van der Waals surface area contributed by atoms with Crippen molar-refractivity contribution in [1.82, 2.24) is 0 Å². The summed E-state index contributed by atoms with van der Waals surface area (Å²) in [5.74, 6) is -0.646. The van der Waals surface area contributed by atoms with Crippen molar-refractivity contribution in [2.24, 2.45) is 5.92 Å². The van der Waals surface area contributed by atoms with E-state index in [1.165, 1.54) is 51.0 Å². The van der Waals surface area contributed by atoms with Crippen molar-refractivity contribution in [2.75, 3.05) is 11.5 Å². The lowest BCUT2D eigenvalue weighted by molar-refractivity contribution is 0.0162. The highest BCUT2D eigenvalue weighted by molar-refractivity contribution is 6.32. The average Bonchev–Trinajstić information content (AvgIpc) is 2.86. The van der Waals surface area contributed by atoms with Crippen LogP contribution in [0.4, 0.5) is 11.4 Å². The Morgan fingerprint density at radius 3 is 2.14 bits per heavy atom. The van der Waals surface area contributed by atoms with Crippen LogP contribution in [0.3, 0.4) is 0 Å². The maximum Gasteiger partial charge on any atom is 0.340 e. The molecule has 1 fully saturated rings. The highest BCUT2D eigenvalue weighted by atomic mass is 16.5. The number of nitrogens with two attached hydrogens (primary N) is 2. The fourth-order valence-corrected chi connectivity index (χ4v) is 5.48. The third-order valence-electron chi connectivity index (χ3n) is 7.52. The van der Waals surface area contributed by atoms with Gasteiger partial charge in [0.25, 0.3) is 0 Å². The molecule has 2 aromatic carbocycles. The van der Waals surface area contributed by atoms with Crippen molar-refractivity contribution >= 4 is 28.9 Å². The van der Waals surface area contributed by atoms with Crippen LogP contribution in [-0.2, 0) is 4.74 Å². The van der Waals surface area contributed by atoms with E-state index in [4.69, 9.17) is 16.2 Å². The molecule has 4 N–H and O–H groups in total. The minimum atomic E-state index is -0.588. The molecule has 4 rings (SSSR count). The second-order valence-electron chi connectivity index (χ2n) is 9.99. The van der Waals surface area contributed by atoms with Gasteiger partial charge in [-0.25, -0.2) is 4.79 Å². The monoisotopic (exact) mass is 476 g/mol. The van der Waals surface area contributed by atoms with Crippen molar-refractivity contribution in [3.63, 3.8) is 0 Å². The van der Waals surface area contributed by atoms with Gasteiger partial charge in [-0.2, -0.15) is 0 Å². The molecule has 0 heterocycles. The molecule has 1 saturated carbocycles. The number of ether oxygens (including phenoxy) is 1. The largest absolute Gasteiger partial charge is 0.459 e. The number of rotatable bonds is 9. The minimum Gasteiger partial charge on any atom is -0.459 e. The van der Waals surface area contributed by atoms with E-state index in [0.29, 0.717) is 11.5 Å². The summed E-state index contributed by atoms with van der Waals surface area (Å²) in [6.07, 6.45) is 12.7. The van der Waals surface area contributed by atoms with Crippen molar-refractivity contribution in [2.45, 2.75) is 83.7 Å². The number of unbranched alkanes of at least 4 members (excludes halogenated alkanes) is 5. The quantitative estimate of drug-likeness (QED) is 0.219. The molecular formula is C29H36N2O4. The summed E-state index contributed by atoms with van der Waals surface area (Å²) in [7, 11) is 0. The standard InChI is InChI=1S/C29H36N2O4/c1-2-3-4-5-6-7-10-18-13-15-19(16-14-18)35-29(34)22-17-23(30)24-25(26(22)31)28(33)21-12-9-8-11-20(21)27(24)32/h8-9,11-12,17-19H,2-7,10,13-16,30-31H2,1H3. The van der Waals surface area contributed by atoms with E-state index in [-0.39, 0.29) is 45.5 Å². The molecule has 2 aliphatic carbocycles. The SMILES string of the molecule is CCCCCCCCC1CCC(OC(=O)c2cc(N)c3c(c2N)C(=O)c2ccccc2C3=O)CC1. The summed E-state index contributed by atoms with van der Waals surface area (Å²) in [6, 6.07) is 7.94. The summed E-state index contributed by atoms with van der Waals surface area (Å²) in [4.78, 5) is 39.2. The number of nitrogen functional groups attached to an aromatic ring is 2. The Labute approximate surface area is 207 Å². The maximum atomic E-state index is 13.1. The first-order valence-corrected chi connectivity index (χ1v) is 13.0. The van der Waals surface area contributed by atoms with Crippen LogP contribution >= 0.6 is 0 Å². The van der Waals surface area contributed by atoms with Gasteiger partial charge in [-0.1, -0.05) is 76.1 Å². The predicted molar refractivity (Wildman–Crippen MR) is 138 cm³/mol. The number of benzene rings is 2. The van der Waals surface area contributed by atoms with E-state index in [1.54, 1.807) is 24.3 Å². The molecule has 0 radical (unpaired) electrons. The summed E-state index contributed by atoms with van der Waals surface area (Å²) < 4.78 is 5.78. The Bertz CT molecular complexity index is 1120. The van der Waals surface area contributed by atoms with Crippen molar-refractivity contribution < 1.29 is 19.1 Å². The van der Waals surface area contributed by atoms with E-state index in [9.17, 15) is 14.4 Å². The van der Waals surface area contributed by atoms with Gasteiger partial charge in [-0.15, -0.1) is 0 Å². The van der Waals surface area contributed by atoms with Gasteiger partial charge in [0.15, 0.2) is 11.6 Å². The third-order valence-corrected chi connectivity index (χ3v) is 7.52. The van der Waals surface area contributed by atoms with E-state index in [0.717, 1.165) is 25.7 Å². The highest BCUT2D eigenvalue weighted by Gasteiger charge is 2.35. The highest BCUT2D eigenvalue weighted by Crippen LogP contribution is 2.37. The van der Waals surface area contributed by atoms with Crippen LogP contribution in [0.15, 0.2) is 30.3 Å². The fraction of sp³-hybridized carbons (Fsp3) is 0.483. The molecule has 35 heavy (non-hydrogen) atoms. The molecule has 0 amide bonds. The van der Waals surface area contributed by atoms with Crippen molar-refractivity contribution in [3.05, 3.63) is 58.1 Å². The number of anilines is 2. The van der Waals surface area contributed by atoms with E-state index < -0.39 is 11.8 Å². The summed E-state index contributed by atoms with van der Waals surface area (Å²) >= 11 is 0. The van der Waals surface area contributed by atoms with Gasteiger partial charge in [0.2, 0.25) is 0 Å². The van der Waals surface area contributed by atoms with E-state index >= 15 is 0 Å². The molecule has 0 aliphatic heterocycles. The van der Waals surface area contributed by atoms with Crippen LogP contribution in [0.1, 0.15) is 120 Å². The maximum absolute atomic E-state index is 13.1. The number of hydrogen-bond acceptors (Lipinski definition) is 6. The van der Waals surface area contributed by atoms with E-state index in [1.807, 2.05) is 0 Å². The first-order valence-electron chi connectivity index (χ1n) is 13.0. The normalized spacial score (nSPS) is 19.2. The van der Waals surface area contributed by atoms with Gasteiger partial charge in [0, 0.05) is 16.8 Å². The summed E-state index contributed by atoms with van der Waals surface area (Å²) in [6.45, 7) is 2.24. The Balaban J connectivity index is 1.39. The lowest BCUT2D eigenvalue weighted by Gasteiger charge is -2.29. The molecule has 0 aromatic heterocycles. The third kappa shape index (κ3) is 5.26. The molecule has 6 nitrogen and oxygen atoms in total. The molecule has 2 aliphatic rings. The molecule has 2 aromatic rings. The topological polar surface area (TPSA) is 112 Å². The number of carbonyl (C=O) groups excluding carboxylic acids is 3. The van der Waals surface area contributed by atoms with Crippen LogP contribution in [0, 0.1) is 5.92 Å². The first kappa shape index (κ1) is 25.0. The number of carbonyl (C=O) groups is 3. The number of esters is 1. The van der Waals surface area contributed by atoms with Crippen LogP contribution in [0.2, 0.25) is 0 Å². The van der Waals surface area contributed by atoms with Gasteiger partial charge in [0.05, 0.1) is 22.4 Å². The van der Waals surface area contributed by atoms with Gasteiger partial charge in [0.1, 0.15) is 6.10 Å². The minimum absolute atomic E-state index is 0.00305. The molecule has 0 spiro atoms. The molecule has 0 bridgehead atoms. The Morgan fingerprint density at radius 2 is 1.49 bits per heavy atom. The summed E-state index contributed by atoms with van der Waals surface area (Å²) in [5, 5.41) is 0. The lowest BCUT2D eigenvalue weighted by Crippen LogP contribution is -2.27. The van der Waals surface area contributed by atoms with E-state index in [2.05, 4.69) is 6.92 Å². The average molecular weight is 477 g/mol. The number of hydrogen-bond donors (Lipinski definition) is 2. The molecule has 0 saturated heterocycles.